The van der Waals surface area contributed by atoms with E-state index in [1.165, 1.54) is 0 Å². The first-order chi connectivity index (χ1) is 8.67. The van der Waals surface area contributed by atoms with Crippen LogP contribution in [-0.4, -0.2) is 37.2 Å². The molecular formula is C12H21N3O2S. The molecule has 0 saturated heterocycles. The maximum absolute atomic E-state index is 11.7. The molecule has 0 saturated carbocycles. The third kappa shape index (κ3) is 5.12. The molecule has 0 aliphatic carbocycles. The first-order valence-electron chi connectivity index (χ1n) is 6.08. The number of rotatable bonds is 8. The molecule has 1 heterocycles. The zero-order valence-corrected chi connectivity index (χ0v) is 11.9. The molecule has 5 nitrogen and oxygen atoms in total. The summed E-state index contributed by atoms with van der Waals surface area (Å²) < 4.78 is 4.97. The quantitative estimate of drug-likeness (QED) is 0.749. The van der Waals surface area contributed by atoms with E-state index < -0.39 is 0 Å². The molecule has 6 heteroatoms. The number of hydrogen-bond donors (Lipinski definition) is 2. The minimum Gasteiger partial charge on any atom is -0.383 e. The van der Waals surface area contributed by atoms with Crippen LogP contribution < -0.4 is 10.6 Å². The number of nitrogens with zero attached hydrogens (tertiary/aromatic N) is 1. The standard InChI is InChI=1S/C12H21N3O2S/c1-4-10(12-13-5-6-18-12)14-7-11(16)15-9(2)8-17-3/h5-6,9-10,14H,4,7-8H2,1-3H3,(H,15,16). The van der Waals surface area contributed by atoms with Crippen molar-refractivity contribution in [3.05, 3.63) is 16.6 Å². The topological polar surface area (TPSA) is 63.2 Å². The average Bonchev–Trinajstić information content (AvgIpc) is 2.83. The van der Waals surface area contributed by atoms with Crippen molar-refractivity contribution in [3.63, 3.8) is 0 Å². The Morgan fingerprint density at radius 1 is 1.61 bits per heavy atom. The summed E-state index contributed by atoms with van der Waals surface area (Å²) in [5, 5.41) is 9.04. The van der Waals surface area contributed by atoms with E-state index in [2.05, 4.69) is 22.5 Å². The van der Waals surface area contributed by atoms with Gasteiger partial charge in [0.15, 0.2) is 0 Å². The van der Waals surface area contributed by atoms with Crippen LogP contribution in [0.25, 0.3) is 0 Å². The fourth-order valence-corrected chi connectivity index (χ4v) is 2.44. The highest BCUT2D eigenvalue weighted by Crippen LogP contribution is 2.18. The van der Waals surface area contributed by atoms with Gasteiger partial charge in [-0.05, 0) is 13.3 Å². The molecule has 18 heavy (non-hydrogen) atoms. The molecule has 1 aromatic rings. The lowest BCUT2D eigenvalue weighted by Gasteiger charge is -2.16. The third-order valence-corrected chi connectivity index (χ3v) is 3.38. The second-order valence-corrected chi connectivity index (χ2v) is 5.06. The highest BCUT2D eigenvalue weighted by molar-refractivity contribution is 7.09. The first kappa shape index (κ1) is 15.1. The van der Waals surface area contributed by atoms with E-state index in [-0.39, 0.29) is 18.0 Å². The molecule has 0 spiro atoms. The van der Waals surface area contributed by atoms with Crippen molar-refractivity contribution in [2.45, 2.75) is 32.4 Å². The predicted octanol–water partition coefficient (Wildman–Crippen LogP) is 1.33. The van der Waals surface area contributed by atoms with Crippen molar-refractivity contribution in [2.75, 3.05) is 20.3 Å². The Morgan fingerprint density at radius 2 is 2.39 bits per heavy atom. The molecule has 0 aliphatic rings. The number of amides is 1. The van der Waals surface area contributed by atoms with E-state index in [0.29, 0.717) is 13.2 Å². The fraction of sp³-hybridized carbons (Fsp3) is 0.667. The van der Waals surface area contributed by atoms with Crippen molar-refractivity contribution in [2.24, 2.45) is 0 Å². The molecule has 0 radical (unpaired) electrons. The molecule has 102 valence electrons. The summed E-state index contributed by atoms with van der Waals surface area (Å²) >= 11 is 1.60. The monoisotopic (exact) mass is 271 g/mol. The minimum atomic E-state index is -0.0189. The molecule has 1 rings (SSSR count). The summed E-state index contributed by atoms with van der Waals surface area (Å²) in [6.45, 7) is 4.81. The Labute approximate surface area is 112 Å². The van der Waals surface area contributed by atoms with Gasteiger partial charge < -0.3 is 10.1 Å². The second kappa shape index (κ2) is 8.18. The van der Waals surface area contributed by atoms with Crippen LogP contribution >= 0.6 is 11.3 Å². The summed E-state index contributed by atoms with van der Waals surface area (Å²) in [5.41, 5.74) is 0. The predicted molar refractivity (Wildman–Crippen MR) is 72.6 cm³/mol. The Morgan fingerprint density at radius 3 is 2.94 bits per heavy atom. The van der Waals surface area contributed by atoms with Crippen LogP contribution in [-0.2, 0) is 9.53 Å². The van der Waals surface area contributed by atoms with Crippen molar-refractivity contribution < 1.29 is 9.53 Å². The van der Waals surface area contributed by atoms with Gasteiger partial charge >= 0.3 is 0 Å². The van der Waals surface area contributed by atoms with Gasteiger partial charge in [0.2, 0.25) is 5.91 Å². The Kier molecular flexibility index (Phi) is 6.85. The highest BCUT2D eigenvalue weighted by atomic mass is 32.1. The van der Waals surface area contributed by atoms with Gasteiger partial charge in [0, 0.05) is 24.7 Å². The number of nitrogens with one attached hydrogen (secondary N) is 2. The Bertz CT molecular complexity index is 343. The number of methoxy groups -OCH3 is 1. The van der Waals surface area contributed by atoms with Gasteiger partial charge in [0.1, 0.15) is 5.01 Å². The van der Waals surface area contributed by atoms with Gasteiger partial charge in [0.25, 0.3) is 0 Å². The van der Waals surface area contributed by atoms with Crippen molar-refractivity contribution in [1.82, 2.24) is 15.6 Å². The van der Waals surface area contributed by atoms with Crippen LogP contribution in [0.15, 0.2) is 11.6 Å². The molecule has 2 N–H and O–H groups in total. The number of hydrogen-bond acceptors (Lipinski definition) is 5. The van der Waals surface area contributed by atoms with Crippen LogP contribution in [0.1, 0.15) is 31.3 Å². The number of ether oxygens (including phenoxy) is 1. The van der Waals surface area contributed by atoms with Gasteiger partial charge in [-0.2, -0.15) is 0 Å². The van der Waals surface area contributed by atoms with Crippen LogP contribution in [0.3, 0.4) is 0 Å². The summed E-state index contributed by atoms with van der Waals surface area (Å²) in [4.78, 5) is 15.9. The molecule has 2 atom stereocenters. The molecule has 0 aliphatic heterocycles. The number of carbonyl (C=O) groups excluding carboxylic acids is 1. The summed E-state index contributed by atoms with van der Waals surface area (Å²) in [6.07, 6.45) is 2.69. The zero-order chi connectivity index (χ0) is 13.4. The maximum Gasteiger partial charge on any atom is 0.234 e. The minimum absolute atomic E-state index is 0.0189. The zero-order valence-electron chi connectivity index (χ0n) is 11.1. The van der Waals surface area contributed by atoms with E-state index in [1.54, 1.807) is 24.6 Å². The normalized spacial score (nSPS) is 14.2. The molecule has 2 unspecified atom stereocenters. The van der Waals surface area contributed by atoms with Gasteiger partial charge in [0.05, 0.1) is 19.2 Å². The smallest absolute Gasteiger partial charge is 0.234 e. The number of thiazole rings is 1. The number of carbonyl (C=O) groups is 1. The van der Waals surface area contributed by atoms with Crippen LogP contribution in [0.2, 0.25) is 0 Å². The molecule has 1 aromatic heterocycles. The molecule has 0 bridgehead atoms. The lowest BCUT2D eigenvalue weighted by molar-refractivity contribution is -0.121. The molecule has 0 fully saturated rings. The molecule has 1 amide bonds. The third-order valence-electron chi connectivity index (χ3n) is 2.49. The van der Waals surface area contributed by atoms with E-state index >= 15 is 0 Å². The van der Waals surface area contributed by atoms with Gasteiger partial charge in [-0.25, -0.2) is 4.98 Å². The van der Waals surface area contributed by atoms with Crippen LogP contribution in [0.5, 0.6) is 0 Å². The Balaban J connectivity index is 2.32. The van der Waals surface area contributed by atoms with Crippen molar-refractivity contribution >= 4 is 17.2 Å². The number of aromatic nitrogens is 1. The lowest BCUT2D eigenvalue weighted by atomic mass is 10.2. The van der Waals surface area contributed by atoms with Crippen LogP contribution in [0, 0.1) is 0 Å². The Hall–Kier alpha value is -0.980. The largest absolute Gasteiger partial charge is 0.383 e. The molecular weight excluding hydrogens is 250 g/mol. The molecule has 0 aromatic carbocycles. The van der Waals surface area contributed by atoms with Gasteiger partial charge in [-0.1, -0.05) is 6.92 Å². The second-order valence-electron chi connectivity index (χ2n) is 4.14. The maximum atomic E-state index is 11.7. The summed E-state index contributed by atoms with van der Waals surface area (Å²) in [7, 11) is 1.62. The SMILES string of the molecule is CCC(NCC(=O)NC(C)COC)c1nccs1. The fourth-order valence-electron chi connectivity index (χ4n) is 1.65. The van der Waals surface area contributed by atoms with Crippen LogP contribution in [0.4, 0.5) is 0 Å². The first-order valence-corrected chi connectivity index (χ1v) is 6.96. The van der Waals surface area contributed by atoms with E-state index in [0.717, 1.165) is 11.4 Å². The lowest BCUT2D eigenvalue weighted by Crippen LogP contribution is -2.41. The summed E-state index contributed by atoms with van der Waals surface area (Å²) in [6, 6.07) is 0.178. The summed E-state index contributed by atoms with van der Waals surface area (Å²) in [5.74, 6) is -0.0189. The highest BCUT2D eigenvalue weighted by Gasteiger charge is 2.13. The van der Waals surface area contributed by atoms with Gasteiger partial charge in [-0.15, -0.1) is 11.3 Å². The van der Waals surface area contributed by atoms with Gasteiger partial charge in [-0.3, -0.25) is 10.1 Å². The van der Waals surface area contributed by atoms with Crippen molar-refractivity contribution in [1.29, 1.82) is 0 Å². The average molecular weight is 271 g/mol. The van der Waals surface area contributed by atoms with E-state index in [9.17, 15) is 4.79 Å². The van der Waals surface area contributed by atoms with E-state index in [4.69, 9.17) is 4.74 Å². The van der Waals surface area contributed by atoms with E-state index in [1.807, 2.05) is 12.3 Å². The van der Waals surface area contributed by atoms with Crippen molar-refractivity contribution in [3.8, 4) is 0 Å².